The van der Waals surface area contributed by atoms with Gasteiger partial charge in [-0.15, -0.1) is 0 Å². The highest BCUT2D eigenvalue weighted by molar-refractivity contribution is 5.77. The first-order valence-electron chi connectivity index (χ1n) is 5.36. The van der Waals surface area contributed by atoms with E-state index in [2.05, 4.69) is 13.8 Å². The normalized spacial score (nSPS) is 23.7. The molecule has 1 atom stereocenters. The summed E-state index contributed by atoms with van der Waals surface area (Å²) in [7, 11) is 0. The van der Waals surface area contributed by atoms with E-state index in [1.807, 2.05) is 4.90 Å². The second-order valence-electron chi connectivity index (χ2n) is 5.11. The van der Waals surface area contributed by atoms with Gasteiger partial charge in [-0.3, -0.25) is 4.79 Å². The van der Waals surface area contributed by atoms with E-state index in [9.17, 15) is 4.79 Å². The molecule has 3 nitrogen and oxygen atoms in total. The molecule has 0 bridgehead atoms. The Morgan fingerprint density at radius 1 is 1.57 bits per heavy atom. The van der Waals surface area contributed by atoms with E-state index >= 15 is 0 Å². The number of nitrogens with zero attached hydrogens (tertiary/aromatic N) is 1. The Balaban J connectivity index is 2.39. The van der Waals surface area contributed by atoms with Crippen molar-refractivity contribution in [1.82, 2.24) is 4.90 Å². The summed E-state index contributed by atoms with van der Waals surface area (Å²) >= 11 is 0. The average Bonchev–Trinajstić information content (AvgIpc) is 2.00. The van der Waals surface area contributed by atoms with Gasteiger partial charge in [0.1, 0.15) is 0 Å². The lowest BCUT2D eigenvalue weighted by Gasteiger charge is -2.36. The summed E-state index contributed by atoms with van der Waals surface area (Å²) in [5.74, 6) is 0.238. The Hall–Kier alpha value is -0.570. The number of likely N-dealkylation sites (tertiary alicyclic amines) is 1. The van der Waals surface area contributed by atoms with Crippen LogP contribution in [-0.2, 0) is 4.79 Å². The third-order valence-electron chi connectivity index (χ3n) is 2.86. The molecule has 1 heterocycles. The number of aliphatic hydroxyl groups is 1. The Kier molecular flexibility index (Phi) is 3.53. The van der Waals surface area contributed by atoms with Gasteiger partial charge in [0.25, 0.3) is 0 Å². The molecule has 0 aromatic heterocycles. The summed E-state index contributed by atoms with van der Waals surface area (Å²) in [6, 6.07) is 0. The fourth-order valence-electron chi connectivity index (χ4n) is 1.75. The number of hydrogen-bond acceptors (Lipinski definition) is 2. The van der Waals surface area contributed by atoms with E-state index in [1.165, 1.54) is 0 Å². The molecule has 14 heavy (non-hydrogen) atoms. The summed E-state index contributed by atoms with van der Waals surface area (Å²) in [4.78, 5) is 13.5. The lowest BCUT2D eigenvalue weighted by Crippen LogP contribution is -2.42. The molecule has 0 aliphatic carbocycles. The summed E-state index contributed by atoms with van der Waals surface area (Å²) in [6.07, 6.45) is 2.09. The molecule has 0 spiro atoms. The molecule has 1 unspecified atom stereocenters. The highest BCUT2D eigenvalue weighted by Crippen LogP contribution is 2.30. The van der Waals surface area contributed by atoms with E-state index in [-0.39, 0.29) is 17.4 Å². The van der Waals surface area contributed by atoms with Crippen molar-refractivity contribution in [3.8, 4) is 0 Å². The molecule has 0 aromatic rings. The van der Waals surface area contributed by atoms with E-state index in [0.717, 1.165) is 13.0 Å². The van der Waals surface area contributed by atoms with Crippen molar-refractivity contribution in [2.75, 3.05) is 13.1 Å². The summed E-state index contributed by atoms with van der Waals surface area (Å²) in [5, 5.41) is 9.13. The van der Waals surface area contributed by atoms with Crippen molar-refractivity contribution in [2.45, 2.75) is 46.1 Å². The molecule has 1 aliphatic rings. The van der Waals surface area contributed by atoms with Crippen LogP contribution in [0.3, 0.4) is 0 Å². The zero-order valence-electron chi connectivity index (χ0n) is 9.42. The number of carbonyl (C=O) groups excluding carboxylic acids is 1. The SMILES string of the molecule is CC(O)CCN1CCC(C)(C)CC1=O. The van der Waals surface area contributed by atoms with Crippen molar-refractivity contribution in [2.24, 2.45) is 5.41 Å². The first-order valence-corrected chi connectivity index (χ1v) is 5.36. The van der Waals surface area contributed by atoms with Gasteiger partial charge in [0.05, 0.1) is 6.10 Å². The lowest BCUT2D eigenvalue weighted by atomic mass is 9.82. The van der Waals surface area contributed by atoms with Crippen LogP contribution in [0.4, 0.5) is 0 Å². The van der Waals surface area contributed by atoms with Crippen LogP contribution < -0.4 is 0 Å². The summed E-state index contributed by atoms with van der Waals surface area (Å²) in [5.41, 5.74) is 0.165. The van der Waals surface area contributed by atoms with Gasteiger partial charge >= 0.3 is 0 Å². The highest BCUT2D eigenvalue weighted by Gasteiger charge is 2.30. The molecular weight excluding hydrogens is 178 g/mol. The van der Waals surface area contributed by atoms with Gasteiger partial charge in [-0.1, -0.05) is 13.8 Å². The molecule has 0 aromatic carbocycles. The Labute approximate surface area is 86.1 Å². The van der Waals surface area contributed by atoms with Crippen LogP contribution in [0.25, 0.3) is 0 Å². The van der Waals surface area contributed by atoms with E-state index in [4.69, 9.17) is 5.11 Å². The maximum Gasteiger partial charge on any atom is 0.223 e. The molecule has 0 radical (unpaired) electrons. The molecule has 82 valence electrons. The van der Waals surface area contributed by atoms with Crippen molar-refractivity contribution < 1.29 is 9.90 Å². The summed E-state index contributed by atoms with van der Waals surface area (Å²) in [6.45, 7) is 7.58. The largest absolute Gasteiger partial charge is 0.393 e. The minimum Gasteiger partial charge on any atom is -0.393 e. The molecule has 1 aliphatic heterocycles. The van der Waals surface area contributed by atoms with Crippen molar-refractivity contribution in [3.05, 3.63) is 0 Å². The number of amides is 1. The van der Waals surface area contributed by atoms with E-state index < -0.39 is 0 Å². The maximum atomic E-state index is 11.7. The number of aliphatic hydroxyl groups excluding tert-OH is 1. The molecule has 3 heteroatoms. The fraction of sp³-hybridized carbons (Fsp3) is 0.909. The average molecular weight is 199 g/mol. The highest BCUT2D eigenvalue weighted by atomic mass is 16.3. The number of carbonyl (C=O) groups is 1. The number of rotatable bonds is 3. The lowest BCUT2D eigenvalue weighted by molar-refractivity contribution is -0.137. The van der Waals surface area contributed by atoms with Gasteiger partial charge < -0.3 is 10.0 Å². The van der Waals surface area contributed by atoms with Crippen LogP contribution in [-0.4, -0.2) is 35.1 Å². The van der Waals surface area contributed by atoms with Gasteiger partial charge in [0.2, 0.25) is 5.91 Å². The van der Waals surface area contributed by atoms with Crippen LogP contribution in [0.15, 0.2) is 0 Å². The van der Waals surface area contributed by atoms with E-state index in [1.54, 1.807) is 6.92 Å². The minimum atomic E-state index is -0.308. The van der Waals surface area contributed by atoms with Crippen LogP contribution in [0, 0.1) is 5.41 Å². The monoisotopic (exact) mass is 199 g/mol. The number of hydrogen-bond donors (Lipinski definition) is 1. The van der Waals surface area contributed by atoms with Crippen LogP contribution in [0.5, 0.6) is 0 Å². The smallest absolute Gasteiger partial charge is 0.223 e. The Morgan fingerprint density at radius 2 is 2.21 bits per heavy atom. The predicted octanol–water partition coefficient (Wildman–Crippen LogP) is 1.41. The molecule has 1 rings (SSSR count). The second kappa shape index (κ2) is 4.30. The van der Waals surface area contributed by atoms with Gasteiger partial charge in [0.15, 0.2) is 0 Å². The first-order chi connectivity index (χ1) is 6.41. The molecule has 1 amide bonds. The van der Waals surface area contributed by atoms with Gasteiger partial charge in [0, 0.05) is 19.5 Å². The maximum absolute atomic E-state index is 11.7. The minimum absolute atomic E-state index is 0.165. The van der Waals surface area contributed by atoms with Gasteiger partial charge in [-0.05, 0) is 25.2 Å². The molecule has 1 N–H and O–H groups in total. The van der Waals surface area contributed by atoms with Crippen LogP contribution in [0.1, 0.15) is 40.0 Å². The van der Waals surface area contributed by atoms with Crippen molar-refractivity contribution in [3.63, 3.8) is 0 Å². The van der Waals surface area contributed by atoms with Crippen LogP contribution >= 0.6 is 0 Å². The Bertz CT molecular complexity index is 209. The quantitative estimate of drug-likeness (QED) is 0.746. The third-order valence-corrected chi connectivity index (χ3v) is 2.86. The molecule has 1 saturated heterocycles. The van der Waals surface area contributed by atoms with Gasteiger partial charge in [-0.2, -0.15) is 0 Å². The first kappa shape index (κ1) is 11.5. The Morgan fingerprint density at radius 3 is 2.71 bits per heavy atom. The van der Waals surface area contributed by atoms with Crippen LogP contribution in [0.2, 0.25) is 0 Å². The molecule has 1 fully saturated rings. The molecule has 0 saturated carbocycles. The zero-order chi connectivity index (χ0) is 10.8. The van der Waals surface area contributed by atoms with Gasteiger partial charge in [-0.25, -0.2) is 0 Å². The fourth-order valence-corrected chi connectivity index (χ4v) is 1.75. The van der Waals surface area contributed by atoms with Crippen molar-refractivity contribution >= 4 is 5.91 Å². The standard InChI is InChI=1S/C11H21NO2/c1-9(13)4-6-12-7-5-11(2,3)8-10(12)14/h9,13H,4-8H2,1-3H3. The topological polar surface area (TPSA) is 40.5 Å². The molecular formula is C11H21NO2. The zero-order valence-corrected chi connectivity index (χ0v) is 9.42. The third kappa shape index (κ3) is 3.29. The second-order valence-corrected chi connectivity index (χ2v) is 5.11. The number of piperidine rings is 1. The van der Waals surface area contributed by atoms with E-state index in [0.29, 0.717) is 19.4 Å². The summed E-state index contributed by atoms with van der Waals surface area (Å²) < 4.78 is 0. The van der Waals surface area contributed by atoms with Crippen molar-refractivity contribution in [1.29, 1.82) is 0 Å². The predicted molar refractivity (Wildman–Crippen MR) is 55.9 cm³/mol.